The molecule has 1 amide bonds. The van der Waals surface area contributed by atoms with Gasteiger partial charge < -0.3 is 10.1 Å². The largest absolute Gasteiger partial charge is 0.467 e. The summed E-state index contributed by atoms with van der Waals surface area (Å²) in [6, 6.07) is 19.6. The Morgan fingerprint density at radius 1 is 0.737 bits per heavy atom. The highest BCUT2D eigenvalue weighted by molar-refractivity contribution is 6.12. The summed E-state index contributed by atoms with van der Waals surface area (Å²) < 4.78 is 4.93. The van der Waals surface area contributed by atoms with Gasteiger partial charge in [0.15, 0.2) is 5.78 Å². The monoisotopic (exact) mass is 513 g/mol. The van der Waals surface area contributed by atoms with Crippen molar-refractivity contribution in [3.05, 3.63) is 106 Å². The Morgan fingerprint density at radius 2 is 1.32 bits per heavy atom. The van der Waals surface area contributed by atoms with Crippen molar-refractivity contribution in [3.63, 3.8) is 0 Å². The molecular formula is C33H39NO4. The molecule has 0 aliphatic heterocycles. The number of esters is 1. The molecule has 0 unspecified atom stereocenters. The van der Waals surface area contributed by atoms with Crippen LogP contribution in [0.5, 0.6) is 0 Å². The van der Waals surface area contributed by atoms with E-state index in [1.807, 2.05) is 30.3 Å². The summed E-state index contributed by atoms with van der Waals surface area (Å²) in [4.78, 5) is 39.6. The first-order valence-corrected chi connectivity index (χ1v) is 13.3. The fourth-order valence-electron chi connectivity index (χ4n) is 4.59. The number of ketones is 1. The number of nitrogens with one attached hydrogen (secondary N) is 1. The van der Waals surface area contributed by atoms with E-state index in [1.165, 1.54) is 12.7 Å². The van der Waals surface area contributed by atoms with Crippen LogP contribution >= 0.6 is 0 Å². The molecule has 0 bridgehead atoms. The summed E-state index contributed by atoms with van der Waals surface area (Å²) in [6.07, 6.45) is 0.301. The maximum absolute atomic E-state index is 14.0. The van der Waals surface area contributed by atoms with Crippen LogP contribution in [0.25, 0.3) is 0 Å². The van der Waals surface area contributed by atoms with Crippen LogP contribution in [-0.2, 0) is 16.0 Å². The minimum Gasteiger partial charge on any atom is -0.467 e. The summed E-state index contributed by atoms with van der Waals surface area (Å²) in [5.74, 6) is -0.390. The van der Waals surface area contributed by atoms with Gasteiger partial charge in [0.1, 0.15) is 6.04 Å². The fourth-order valence-corrected chi connectivity index (χ4v) is 4.59. The molecule has 0 saturated carbocycles. The lowest BCUT2D eigenvalue weighted by atomic mass is 9.81. The Bertz CT molecular complexity index is 1260. The van der Waals surface area contributed by atoms with Gasteiger partial charge in [0, 0.05) is 23.1 Å². The number of amides is 1. The van der Waals surface area contributed by atoms with Crippen LogP contribution in [0.1, 0.15) is 108 Å². The molecule has 0 fully saturated rings. The molecule has 0 aliphatic rings. The zero-order valence-corrected chi connectivity index (χ0v) is 23.5. The third-order valence-corrected chi connectivity index (χ3v) is 6.82. The molecule has 1 atom stereocenters. The number of hydrogen-bond donors (Lipinski definition) is 1. The normalized spacial score (nSPS) is 12.1. The summed E-state index contributed by atoms with van der Waals surface area (Å²) in [5, 5.41) is 2.79. The molecule has 5 nitrogen and oxygen atoms in total. The van der Waals surface area contributed by atoms with Crippen molar-refractivity contribution in [2.45, 2.75) is 71.8 Å². The number of carbonyl (C=O) groups excluding carboxylic acids is 3. The maximum Gasteiger partial charge on any atom is 0.328 e. The Kier molecular flexibility index (Phi) is 9.62. The second-order valence-electron chi connectivity index (χ2n) is 10.7. The zero-order valence-electron chi connectivity index (χ0n) is 23.5. The third kappa shape index (κ3) is 6.77. The molecule has 38 heavy (non-hydrogen) atoms. The van der Waals surface area contributed by atoms with Crippen LogP contribution in [0, 0.1) is 0 Å². The predicted octanol–water partition coefficient (Wildman–Crippen LogP) is 6.80. The SMILES string of the molecule is COC(=O)[C@H](Cc1ccccc1)NC(=O)c1cccc(C(=O)c2c(C(C)C)cc(C(C)C)cc2C(C)C)c1. The Hall–Kier alpha value is -3.73. The topological polar surface area (TPSA) is 72.5 Å². The van der Waals surface area contributed by atoms with E-state index < -0.39 is 17.9 Å². The third-order valence-electron chi connectivity index (χ3n) is 6.82. The lowest BCUT2D eigenvalue weighted by Gasteiger charge is -2.22. The highest BCUT2D eigenvalue weighted by atomic mass is 16.5. The lowest BCUT2D eigenvalue weighted by molar-refractivity contribution is -0.142. The average molecular weight is 514 g/mol. The van der Waals surface area contributed by atoms with Crippen LogP contribution in [0.3, 0.4) is 0 Å². The molecule has 0 spiro atoms. The van der Waals surface area contributed by atoms with Crippen LogP contribution in [-0.4, -0.2) is 30.8 Å². The smallest absolute Gasteiger partial charge is 0.328 e. The van der Waals surface area contributed by atoms with Crippen LogP contribution < -0.4 is 5.32 Å². The minimum absolute atomic E-state index is 0.101. The summed E-state index contributed by atoms with van der Waals surface area (Å²) >= 11 is 0. The first kappa shape index (κ1) is 28.8. The van der Waals surface area contributed by atoms with Gasteiger partial charge in [0.05, 0.1) is 7.11 Å². The van der Waals surface area contributed by atoms with E-state index in [1.54, 1.807) is 24.3 Å². The van der Waals surface area contributed by atoms with Crippen molar-refractivity contribution in [1.82, 2.24) is 5.32 Å². The summed E-state index contributed by atoms with van der Waals surface area (Å²) in [6.45, 7) is 12.7. The predicted molar refractivity (Wildman–Crippen MR) is 152 cm³/mol. The van der Waals surface area contributed by atoms with E-state index in [9.17, 15) is 14.4 Å². The molecule has 5 heteroatoms. The maximum atomic E-state index is 14.0. The van der Waals surface area contributed by atoms with Crippen molar-refractivity contribution in [2.75, 3.05) is 7.11 Å². The second-order valence-corrected chi connectivity index (χ2v) is 10.7. The van der Waals surface area contributed by atoms with Crippen molar-refractivity contribution in [3.8, 4) is 0 Å². The summed E-state index contributed by atoms with van der Waals surface area (Å²) in [5.41, 5.74) is 5.63. The van der Waals surface area contributed by atoms with E-state index in [2.05, 4.69) is 59.0 Å². The van der Waals surface area contributed by atoms with Gasteiger partial charge in [-0.25, -0.2) is 4.79 Å². The van der Waals surface area contributed by atoms with Gasteiger partial charge in [-0.1, -0.05) is 96.1 Å². The molecule has 3 aromatic carbocycles. The molecule has 3 rings (SSSR count). The highest BCUT2D eigenvalue weighted by Gasteiger charge is 2.25. The zero-order chi connectivity index (χ0) is 28.0. The quantitative estimate of drug-likeness (QED) is 0.239. The molecule has 0 saturated heterocycles. The van der Waals surface area contributed by atoms with E-state index in [-0.39, 0.29) is 17.6 Å². The Morgan fingerprint density at radius 3 is 1.84 bits per heavy atom. The molecular weight excluding hydrogens is 474 g/mol. The lowest BCUT2D eigenvalue weighted by Crippen LogP contribution is -2.43. The minimum atomic E-state index is -0.849. The van der Waals surface area contributed by atoms with Crippen LogP contribution in [0.4, 0.5) is 0 Å². The van der Waals surface area contributed by atoms with Crippen LogP contribution in [0.2, 0.25) is 0 Å². The van der Waals surface area contributed by atoms with E-state index >= 15 is 0 Å². The second kappa shape index (κ2) is 12.7. The molecule has 3 aromatic rings. The van der Waals surface area contributed by atoms with E-state index in [4.69, 9.17) is 4.74 Å². The molecule has 0 heterocycles. The fraction of sp³-hybridized carbons (Fsp3) is 0.364. The number of methoxy groups -OCH3 is 1. The number of hydrogen-bond acceptors (Lipinski definition) is 4. The van der Waals surface area contributed by atoms with Gasteiger partial charge in [0.25, 0.3) is 5.91 Å². The highest BCUT2D eigenvalue weighted by Crippen LogP contribution is 2.33. The first-order valence-electron chi connectivity index (χ1n) is 13.3. The van der Waals surface area contributed by atoms with E-state index in [0.717, 1.165) is 16.7 Å². The number of ether oxygens (including phenoxy) is 1. The van der Waals surface area contributed by atoms with Gasteiger partial charge in [-0.05, 0) is 52.1 Å². The van der Waals surface area contributed by atoms with Crippen molar-refractivity contribution >= 4 is 17.7 Å². The summed E-state index contributed by atoms with van der Waals surface area (Å²) in [7, 11) is 1.30. The van der Waals surface area contributed by atoms with Crippen molar-refractivity contribution in [2.24, 2.45) is 0 Å². The molecule has 0 radical (unpaired) electrons. The Labute approximate surface area is 226 Å². The van der Waals surface area contributed by atoms with Crippen molar-refractivity contribution < 1.29 is 19.1 Å². The van der Waals surface area contributed by atoms with Crippen LogP contribution in [0.15, 0.2) is 66.7 Å². The molecule has 1 N–H and O–H groups in total. The molecule has 200 valence electrons. The standard InChI is InChI=1S/C33H39NO4/c1-20(2)26-18-27(21(3)4)30(28(19-26)22(5)6)31(35)24-14-11-15-25(17-24)32(36)34-29(33(37)38-7)16-23-12-9-8-10-13-23/h8-15,17-22,29H,16H2,1-7H3,(H,34,36)/t29-/m0/s1. The number of rotatable bonds is 10. The molecule has 0 aliphatic carbocycles. The number of carbonyl (C=O) groups is 3. The van der Waals surface area contributed by atoms with Gasteiger partial charge >= 0.3 is 5.97 Å². The van der Waals surface area contributed by atoms with Gasteiger partial charge in [-0.15, -0.1) is 0 Å². The number of benzene rings is 3. The molecule has 0 aromatic heterocycles. The van der Waals surface area contributed by atoms with Gasteiger partial charge in [-0.3, -0.25) is 9.59 Å². The first-order chi connectivity index (χ1) is 18.0. The van der Waals surface area contributed by atoms with Gasteiger partial charge in [0.2, 0.25) is 0 Å². The van der Waals surface area contributed by atoms with Gasteiger partial charge in [-0.2, -0.15) is 0 Å². The Balaban J connectivity index is 1.96. The average Bonchev–Trinajstić information content (AvgIpc) is 2.91. The van der Waals surface area contributed by atoms with Crippen molar-refractivity contribution in [1.29, 1.82) is 0 Å². The van der Waals surface area contributed by atoms with E-state index in [0.29, 0.717) is 29.0 Å².